The number of nitrogens with zero attached hydrogens (tertiary/aromatic N) is 3. The first-order chi connectivity index (χ1) is 11.6. The number of benzene rings is 1. The van der Waals surface area contributed by atoms with E-state index in [1.807, 2.05) is 34.0 Å². The van der Waals surface area contributed by atoms with E-state index in [0.29, 0.717) is 17.9 Å². The van der Waals surface area contributed by atoms with E-state index in [9.17, 15) is 4.79 Å². The van der Waals surface area contributed by atoms with Crippen LogP contribution >= 0.6 is 11.6 Å². The molecule has 4 rings (SSSR count). The number of rotatable bonds is 3. The average molecular weight is 344 g/mol. The molecule has 0 unspecified atom stereocenters. The van der Waals surface area contributed by atoms with Crippen molar-refractivity contribution in [1.29, 1.82) is 0 Å². The molecule has 3 atom stereocenters. The SMILES string of the molecule is Cc1cnn([C@@H]2CCCN(C(=O)[C@@H]3C[C@@H]3c3cccc(Cl)c3)C2)c1. The van der Waals surface area contributed by atoms with Gasteiger partial charge in [0.05, 0.1) is 12.2 Å². The molecule has 1 aromatic carbocycles. The van der Waals surface area contributed by atoms with E-state index in [1.54, 1.807) is 0 Å². The van der Waals surface area contributed by atoms with E-state index in [2.05, 4.69) is 24.3 Å². The normalized spacial score (nSPS) is 26.4. The minimum atomic E-state index is 0.126. The van der Waals surface area contributed by atoms with Crippen molar-refractivity contribution in [2.45, 2.75) is 38.1 Å². The number of aryl methyl sites for hydroxylation is 1. The summed E-state index contributed by atoms with van der Waals surface area (Å²) in [5, 5.41) is 5.18. The largest absolute Gasteiger partial charge is 0.340 e. The van der Waals surface area contributed by atoms with Crippen molar-refractivity contribution < 1.29 is 4.79 Å². The van der Waals surface area contributed by atoms with Gasteiger partial charge in [-0.25, -0.2) is 0 Å². The van der Waals surface area contributed by atoms with Gasteiger partial charge in [0.15, 0.2) is 0 Å². The number of likely N-dealkylation sites (tertiary alicyclic amines) is 1. The van der Waals surface area contributed by atoms with Gasteiger partial charge in [0, 0.05) is 30.2 Å². The highest BCUT2D eigenvalue weighted by molar-refractivity contribution is 6.30. The molecule has 1 amide bonds. The lowest BCUT2D eigenvalue weighted by Crippen LogP contribution is -2.41. The molecule has 126 valence electrons. The number of carbonyl (C=O) groups is 1. The van der Waals surface area contributed by atoms with Gasteiger partial charge >= 0.3 is 0 Å². The van der Waals surface area contributed by atoms with Crippen molar-refractivity contribution in [3.63, 3.8) is 0 Å². The summed E-state index contributed by atoms with van der Waals surface area (Å²) in [7, 11) is 0. The fourth-order valence-electron chi connectivity index (χ4n) is 3.81. The molecule has 0 N–H and O–H groups in total. The molecule has 5 heteroatoms. The summed E-state index contributed by atoms with van der Waals surface area (Å²) in [4.78, 5) is 14.9. The van der Waals surface area contributed by atoms with Crippen molar-refractivity contribution in [1.82, 2.24) is 14.7 Å². The zero-order valence-corrected chi connectivity index (χ0v) is 14.6. The molecule has 0 bridgehead atoms. The third-order valence-electron chi connectivity index (χ3n) is 5.20. The Morgan fingerprint density at radius 1 is 1.38 bits per heavy atom. The van der Waals surface area contributed by atoms with E-state index in [-0.39, 0.29) is 5.92 Å². The van der Waals surface area contributed by atoms with Crippen LogP contribution in [-0.4, -0.2) is 33.7 Å². The highest BCUT2D eigenvalue weighted by atomic mass is 35.5. The summed E-state index contributed by atoms with van der Waals surface area (Å²) in [5.41, 5.74) is 2.36. The summed E-state index contributed by atoms with van der Waals surface area (Å²) in [6.45, 7) is 3.70. The molecule has 1 saturated heterocycles. The Balaban J connectivity index is 1.42. The van der Waals surface area contributed by atoms with Crippen LogP contribution in [0.25, 0.3) is 0 Å². The Labute approximate surface area is 147 Å². The first-order valence-corrected chi connectivity index (χ1v) is 9.04. The molecule has 1 aliphatic carbocycles. The molecule has 4 nitrogen and oxygen atoms in total. The molecular weight excluding hydrogens is 322 g/mol. The number of hydrogen-bond acceptors (Lipinski definition) is 2. The summed E-state index contributed by atoms with van der Waals surface area (Å²) < 4.78 is 2.02. The number of amides is 1. The maximum Gasteiger partial charge on any atom is 0.226 e. The predicted molar refractivity (Wildman–Crippen MR) is 94.1 cm³/mol. The molecule has 0 spiro atoms. The van der Waals surface area contributed by atoms with Crippen molar-refractivity contribution in [3.8, 4) is 0 Å². The smallest absolute Gasteiger partial charge is 0.226 e. The molecule has 0 radical (unpaired) electrons. The molecule has 1 saturated carbocycles. The second-order valence-electron chi connectivity index (χ2n) is 7.08. The van der Waals surface area contributed by atoms with Gasteiger partial charge in [0.1, 0.15) is 0 Å². The van der Waals surface area contributed by atoms with Crippen molar-refractivity contribution >= 4 is 17.5 Å². The van der Waals surface area contributed by atoms with Crippen molar-refractivity contribution in [2.24, 2.45) is 5.92 Å². The Bertz CT molecular complexity index is 757. The van der Waals surface area contributed by atoms with Crippen molar-refractivity contribution in [2.75, 3.05) is 13.1 Å². The second-order valence-corrected chi connectivity index (χ2v) is 7.52. The molecule has 2 aromatic rings. The Morgan fingerprint density at radius 3 is 3.00 bits per heavy atom. The van der Waals surface area contributed by atoms with Gasteiger partial charge in [-0.2, -0.15) is 5.10 Å². The van der Waals surface area contributed by atoms with E-state index < -0.39 is 0 Å². The molecule has 1 aliphatic heterocycles. The fourth-order valence-corrected chi connectivity index (χ4v) is 4.01. The first kappa shape index (κ1) is 15.7. The van der Waals surface area contributed by atoms with Crippen LogP contribution in [-0.2, 0) is 4.79 Å². The summed E-state index contributed by atoms with van der Waals surface area (Å²) in [6, 6.07) is 8.22. The molecule has 24 heavy (non-hydrogen) atoms. The predicted octanol–water partition coefficient (Wildman–Crippen LogP) is 3.81. The number of carbonyl (C=O) groups excluding carboxylic acids is 1. The van der Waals surface area contributed by atoms with Gasteiger partial charge in [-0.15, -0.1) is 0 Å². The van der Waals surface area contributed by atoms with Gasteiger partial charge in [0.2, 0.25) is 5.91 Å². The van der Waals surface area contributed by atoms with E-state index in [0.717, 1.165) is 37.4 Å². The molecule has 1 aromatic heterocycles. The molecular formula is C19H22ClN3O. The Kier molecular flexibility index (Phi) is 4.09. The van der Waals surface area contributed by atoms with E-state index in [4.69, 9.17) is 11.6 Å². The minimum Gasteiger partial charge on any atom is -0.340 e. The quantitative estimate of drug-likeness (QED) is 0.849. The van der Waals surface area contributed by atoms with Crippen LogP contribution in [0.2, 0.25) is 5.02 Å². The van der Waals surface area contributed by atoms with Gasteiger partial charge in [-0.3, -0.25) is 9.48 Å². The molecule has 2 fully saturated rings. The second kappa shape index (κ2) is 6.25. The minimum absolute atomic E-state index is 0.126. The number of halogens is 1. The topological polar surface area (TPSA) is 38.1 Å². The lowest BCUT2D eigenvalue weighted by Gasteiger charge is -2.33. The van der Waals surface area contributed by atoms with E-state index >= 15 is 0 Å². The third kappa shape index (κ3) is 3.07. The van der Waals surface area contributed by atoms with Crippen LogP contribution in [0.4, 0.5) is 0 Å². The molecule has 2 aliphatic rings. The monoisotopic (exact) mass is 343 g/mol. The fraction of sp³-hybridized carbons (Fsp3) is 0.474. The van der Waals surface area contributed by atoms with Gasteiger partial charge in [-0.05, 0) is 55.4 Å². The zero-order valence-electron chi connectivity index (χ0n) is 13.9. The van der Waals surface area contributed by atoms with E-state index in [1.165, 1.54) is 11.1 Å². The summed E-state index contributed by atoms with van der Waals surface area (Å²) in [5.74, 6) is 0.763. The average Bonchev–Trinajstić information content (AvgIpc) is 3.28. The number of hydrogen-bond donors (Lipinski definition) is 0. The standard InChI is InChI=1S/C19H22ClN3O/c1-13-10-21-23(11-13)16-6-3-7-22(12-16)19(24)18-9-17(18)14-4-2-5-15(20)8-14/h2,4-5,8,10-11,16-18H,3,6-7,9,12H2,1H3/t16-,17-,18-/m1/s1. The Morgan fingerprint density at radius 2 is 2.25 bits per heavy atom. The number of aromatic nitrogens is 2. The van der Waals surface area contributed by atoms with Gasteiger partial charge < -0.3 is 4.90 Å². The maximum atomic E-state index is 12.9. The Hall–Kier alpha value is -1.81. The van der Waals surface area contributed by atoms with Crippen LogP contribution in [0.15, 0.2) is 36.7 Å². The summed E-state index contributed by atoms with van der Waals surface area (Å²) in [6.07, 6.45) is 7.04. The highest BCUT2D eigenvalue weighted by Crippen LogP contribution is 2.49. The zero-order chi connectivity index (χ0) is 16.7. The third-order valence-corrected chi connectivity index (χ3v) is 5.43. The lowest BCUT2D eigenvalue weighted by molar-refractivity contribution is -0.134. The van der Waals surface area contributed by atoms with Crippen LogP contribution in [0, 0.1) is 12.8 Å². The summed E-state index contributed by atoms with van der Waals surface area (Å²) >= 11 is 6.08. The van der Waals surface area contributed by atoms with Crippen LogP contribution in [0.3, 0.4) is 0 Å². The van der Waals surface area contributed by atoms with Crippen LogP contribution in [0.5, 0.6) is 0 Å². The molecule has 2 heterocycles. The maximum absolute atomic E-state index is 12.9. The van der Waals surface area contributed by atoms with Gasteiger partial charge in [-0.1, -0.05) is 23.7 Å². The van der Waals surface area contributed by atoms with Crippen molar-refractivity contribution in [3.05, 3.63) is 52.8 Å². The van der Waals surface area contributed by atoms with Crippen LogP contribution in [0.1, 0.15) is 42.3 Å². The first-order valence-electron chi connectivity index (χ1n) is 8.67. The highest BCUT2D eigenvalue weighted by Gasteiger charge is 2.46. The van der Waals surface area contributed by atoms with Crippen LogP contribution < -0.4 is 0 Å². The number of piperidine rings is 1. The lowest BCUT2D eigenvalue weighted by atomic mass is 10.0. The van der Waals surface area contributed by atoms with Gasteiger partial charge in [0.25, 0.3) is 0 Å².